The summed E-state index contributed by atoms with van der Waals surface area (Å²) < 4.78 is 5.88. The Kier molecular flexibility index (Phi) is 8.41. The van der Waals surface area contributed by atoms with E-state index in [0.717, 1.165) is 5.56 Å². The van der Waals surface area contributed by atoms with Crippen LogP contribution in [0.25, 0.3) is 5.76 Å². The van der Waals surface area contributed by atoms with Crippen molar-refractivity contribution >= 4 is 23.1 Å². The lowest BCUT2D eigenvalue weighted by atomic mass is 9.93. The lowest BCUT2D eigenvalue weighted by Crippen LogP contribution is -2.32. The van der Waals surface area contributed by atoms with Crippen molar-refractivity contribution in [2.75, 3.05) is 27.2 Å². The van der Waals surface area contributed by atoms with Gasteiger partial charge in [-0.05, 0) is 68.9 Å². The predicted molar refractivity (Wildman–Crippen MR) is 147 cm³/mol. The number of benzene rings is 3. The molecule has 0 spiro atoms. The first kappa shape index (κ1) is 27.5. The molecule has 9 nitrogen and oxygen atoms in total. The molecule has 4 rings (SSSR count). The largest absolute Gasteiger partial charge is 0.507 e. The average molecular weight is 530 g/mol. The molecule has 1 heterocycles. The fourth-order valence-electron chi connectivity index (χ4n) is 4.70. The number of Topliss-reactive ketones (excluding diaryl/α,β-unsaturated/α-hetero) is 1. The number of aliphatic hydroxyl groups excluding tert-OH is 1. The van der Waals surface area contributed by atoms with E-state index in [1.54, 1.807) is 31.2 Å². The van der Waals surface area contributed by atoms with E-state index in [0.29, 0.717) is 42.0 Å². The minimum absolute atomic E-state index is 0.0913. The molecular formula is C30H31N3O6. The highest BCUT2D eigenvalue weighted by Crippen LogP contribution is 2.41. The van der Waals surface area contributed by atoms with Crippen molar-refractivity contribution < 1.29 is 24.4 Å². The molecule has 1 aliphatic heterocycles. The number of carbonyl (C=O) groups excluding carboxylic acids is 2. The molecule has 0 bridgehead atoms. The first-order chi connectivity index (χ1) is 18.7. The second kappa shape index (κ2) is 11.9. The number of nitro groups is 1. The zero-order valence-electron chi connectivity index (χ0n) is 22.2. The molecule has 0 unspecified atom stereocenters. The first-order valence-corrected chi connectivity index (χ1v) is 12.6. The molecule has 1 N–H and O–H groups in total. The third kappa shape index (κ3) is 6.15. The Morgan fingerprint density at radius 3 is 2.46 bits per heavy atom. The molecule has 0 aromatic heterocycles. The molecule has 1 saturated heterocycles. The van der Waals surface area contributed by atoms with Crippen molar-refractivity contribution in [2.24, 2.45) is 0 Å². The Labute approximate surface area is 227 Å². The first-order valence-electron chi connectivity index (χ1n) is 12.6. The van der Waals surface area contributed by atoms with Crippen LogP contribution in [0.4, 0.5) is 5.69 Å². The number of hydrogen-bond donors (Lipinski definition) is 1. The summed E-state index contributed by atoms with van der Waals surface area (Å²) in [6.45, 7) is 3.07. The maximum Gasteiger partial charge on any atom is 0.295 e. The number of amides is 1. The number of rotatable bonds is 10. The highest BCUT2D eigenvalue weighted by Gasteiger charge is 2.46. The molecule has 39 heavy (non-hydrogen) atoms. The maximum absolute atomic E-state index is 13.3. The van der Waals surface area contributed by atoms with Crippen LogP contribution >= 0.6 is 0 Å². The molecule has 3 aromatic carbocycles. The van der Waals surface area contributed by atoms with Crippen molar-refractivity contribution in [1.82, 2.24) is 9.80 Å². The molecule has 0 saturated carbocycles. The topological polar surface area (TPSA) is 113 Å². The van der Waals surface area contributed by atoms with Gasteiger partial charge in [0.2, 0.25) is 0 Å². The Morgan fingerprint density at radius 2 is 1.79 bits per heavy atom. The summed E-state index contributed by atoms with van der Waals surface area (Å²) in [7, 11) is 3.81. The summed E-state index contributed by atoms with van der Waals surface area (Å²) >= 11 is 0. The minimum Gasteiger partial charge on any atom is -0.507 e. The fraction of sp³-hybridized carbons (Fsp3) is 0.267. The van der Waals surface area contributed by atoms with Crippen molar-refractivity contribution in [3.8, 4) is 5.75 Å². The normalized spacial score (nSPS) is 16.6. The van der Waals surface area contributed by atoms with Gasteiger partial charge >= 0.3 is 0 Å². The highest BCUT2D eigenvalue weighted by molar-refractivity contribution is 6.46. The molecule has 202 valence electrons. The second-order valence-electron chi connectivity index (χ2n) is 9.75. The predicted octanol–water partition coefficient (Wildman–Crippen LogP) is 4.86. The molecule has 1 amide bonds. The van der Waals surface area contributed by atoms with E-state index >= 15 is 0 Å². The number of ketones is 1. The number of nitrogens with zero attached hydrogens (tertiary/aromatic N) is 3. The Balaban J connectivity index is 1.72. The van der Waals surface area contributed by atoms with Crippen LogP contribution in [0.5, 0.6) is 5.75 Å². The van der Waals surface area contributed by atoms with Crippen molar-refractivity contribution in [1.29, 1.82) is 0 Å². The number of carbonyl (C=O) groups is 2. The van der Waals surface area contributed by atoms with Gasteiger partial charge in [-0.3, -0.25) is 19.7 Å². The zero-order chi connectivity index (χ0) is 28.1. The molecule has 0 radical (unpaired) electrons. The van der Waals surface area contributed by atoms with Crippen LogP contribution in [0.3, 0.4) is 0 Å². The number of nitro benzene ring substituents is 1. The van der Waals surface area contributed by atoms with E-state index in [-0.39, 0.29) is 23.6 Å². The van der Waals surface area contributed by atoms with Crippen LogP contribution in [0.15, 0.2) is 78.4 Å². The molecule has 9 heteroatoms. The van der Waals surface area contributed by atoms with E-state index in [1.807, 2.05) is 49.3 Å². The molecule has 1 atom stereocenters. The smallest absolute Gasteiger partial charge is 0.295 e. The quantitative estimate of drug-likeness (QED) is 0.131. The minimum atomic E-state index is -0.958. The summed E-state index contributed by atoms with van der Waals surface area (Å²) in [5, 5.41) is 22.9. The molecule has 1 aliphatic rings. The van der Waals surface area contributed by atoms with Gasteiger partial charge in [0.1, 0.15) is 18.1 Å². The van der Waals surface area contributed by atoms with Gasteiger partial charge in [0.25, 0.3) is 17.4 Å². The number of aryl methyl sites for hydroxylation is 1. The molecule has 0 aliphatic carbocycles. The third-order valence-electron chi connectivity index (χ3n) is 6.64. The molecule has 1 fully saturated rings. The van der Waals surface area contributed by atoms with Crippen molar-refractivity contribution in [3.63, 3.8) is 0 Å². The van der Waals surface area contributed by atoms with Crippen molar-refractivity contribution in [3.05, 3.63) is 111 Å². The van der Waals surface area contributed by atoms with E-state index in [9.17, 15) is 24.8 Å². The number of likely N-dealkylation sites (tertiary alicyclic amines) is 1. The summed E-state index contributed by atoms with van der Waals surface area (Å²) in [4.78, 5) is 40.7. The van der Waals surface area contributed by atoms with E-state index in [1.165, 1.54) is 23.1 Å². The SMILES string of the molecule is Cc1cc(OCc2ccccc2)ccc1/C(O)=C1\C(=O)C(=O)N(CCCN(C)C)[C@H]1c1cccc([N+](=O)[O-])c1. The van der Waals surface area contributed by atoms with Crippen LogP contribution in [-0.4, -0.2) is 58.7 Å². The fourth-order valence-corrected chi connectivity index (χ4v) is 4.70. The monoisotopic (exact) mass is 529 g/mol. The van der Waals surface area contributed by atoms with Crippen LogP contribution < -0.4 is 4.74 Å². The van der Waals surface area contributed by atoms with Gasteiger partial charge in [-0.1, -0.05) is 42.5 Å². The van der Waals surface area contributed by atoms with Gasteiger partial charge < -0.3 is 19.6 Å². The second-order valence-corrected chi connectivity index (χ2v) is 9.75. The van der Waals surface area contributed by atoms with Crippen LogP contribution in [0, 0.1) is 17.0 Å². The Hall–Kier alpha value is -4.50. The molecule has 3 aromatic rings. The maximum atomic E-state index is 13.3. The number of ether oxygens (including phenoxy) is 1. The van der Waals surface area contributed by atoms with Gasteiger partial charge in [0.05, 0.1) is 16.5 Å². The van der Waals surface area contributed by atoms with Gasteiger partial charge in [-0.15, -0.1) is 0 Å². The van der Waals surface area contributed by atoms with E-state index in [4.69, 9.17) is 4.74 Å². The summed E-state index contributed by atoms with van der Waals surface area (Å²) in [6.07, 6.45) is 0.581. The van der Waals surface area contributed by atoms with Crippen LogP contribution in [-0.2, 0) is 16.2 Å². The summed E-state index contributed by atoms with van der Waals surface area (Å²) in [6, 6.07) is 19.7. The van der Waals surface area contributed by atoms with Crippen LogP contribution in [0.2, 0.25) is 0 Å². The summed E-state index contributed by atoms with van der Waals surface area (Å²) in [5.41, 5.74) is 2.16. The zero-order valence-corrected chi connectivity index (χ0v) is 22.2. The van der Waals surface area contributed by atoms with E-state index < -0.39 is 22.7 Å². The number of non-ortho nitro benzene ring substituents is 1. The Morgan fingerprint density at radius 1 is 1.05 bits per heavy atom. The van der Waals surface area contributed by atoms with Gasteiger partial charge in [-0.2, -0.15) is 0 Å². The van der Waals surface area contributed by atoms with Gasteiger partial charge in [0.15, 0.2) is 0 Å². The van der Waals surface area contributed by atoms with Gasteiger partial charge in [-0.25, -0.2) is 0 Å². The molecular weight excluding hydrogens is 498 g/mol. The Bertz CT molecular complexity index is 1420. The third-order valence-corrected chi connectivity index (χ3v) is 6.64. The van der Waals surface area contributed by atoms with E-state index in [2.05, 4.69) is 0 Å². The average Bonchev–Trinajstić information content (AvgIpc) is 3.17. The van der Waals surface area contributed by atoms with Crippen LogP contribution in [0.1, 0.15) is 34.7 Å². The lowest BCUT2D eigenvalue weighted by molar-refractivity contribution is -0.384. The standard InChI is InChI=1S/C30H31N3O6/c1-20-17-24(39-19-21-9-5-4-6-10-21)13-14-25(20)28(34)26-27(22-11-7-12-23(18-22)33(37)38)32(30(36)29(26)35)16-8-15-31(2)3/h4-7,9-14,17-18,27,34H,8,15-16,19H2,1-3H3/b28-26+/t27-/m0/s1. The van der Waals surface area contributed by atoms with Crippen molar-refractivity contribution in [2.45, 2.75) is 26.0 Å². The van der Waals surface area contributed by atoms with Gasteiger partial charge in [0, 0.05) is 24.2 Å². The summed E-state index contributed by atoms with van der Waals surface area (Å²) in [5.74, 6) is -1.30. The number of aliphatic hydroxyl groups is 1. The lowest BCUT2D eigenvalue weighted by Gasteiger charge is -2.26. The number of hydrogen-bond acceptors (Lipinski definition) is 7. The highest BCUT2D eigenvalue weighted by atomic mass is 16.6.